The first-order valence-electron chi connectivity index (χ1n) is 13.5. The summed E-state index contributed by atoms with van der Waals surface area (Å²) in [6, 6.07) is 27.5. The molecule has 0 fully saturated rings. The summed E-state index contributed by atoms with van der Waals surface area (Å²) in [5.74, 6) is -0.438. The van der Waals surface area contributed by atoms with Crippen molar-refractivity contribution in [2.45, 2.75) is 26.3 Å². The average Bonchev–Trinajstić information content (AvgIpc) is 3.63. The lowest BCUT2D eigenvalue weighted by atomic mass is 9.98. The van der Waals surface area contributed by atoms with E-state index in [9.17, 15) is 14.4 Å². The van der Waals surface area contributed by atoms with Gasteiger partial charge in [0.15, 0.2) is 5.82 Å². The minimum Gasteiger partial charge on any atom is -0.329 e. The van der Waals surface area contributed by atoms with Gasteiger partial charge in [-0.3, -0.25) is 24.0 Å². The molecule has 2 amide bonds. The van der Waals surface area contributed by atoms with Crippen LogP contribution in [-0.4, -0.2) is 39.9 Å². The number of aryl methyl sites for hydroxylation is 1. The molecule has 0 saturated heterocycles. The van der Waals surface area contributed by atoms with Gasteiger partial charge in [-0.25, -0.2) is 4.79 Å². The SMILES string of the molecule is CCc1cc2c(s1)N(Cc1ccc(-c3ccccc3-c3noc(=O)[nH]3)cc1)C(=O)CN(CCc1ccccc1)C2=O. The fraction of sp³-hybridized carbons (Fsp3) is 0.188. The van der Waals surface area contributed by atoms with E-state index in [1.807, 2.05) is 84.9 Å². The molecule has 1 aliphatic rings. The van der Waals surface area contributed by atoms with E-state index in [1.165, 1.54) is 11.3 Å². The molecule has 9 heteroatoms. The summed E-state index contributed by atoms with van der Waals surface area (Å²) >= 11 is 1.51. The first kappa shape index (κ1) is 26.5. The van der Waals surface area contributed by atoms with Gasteiger partial charge in [0.2, 0.25) is 5.91 Å². The van der Waals surface area contributed by atoms with E-state index >= 15 is 0 Å². The molecule has 0 unspecified atom stereocenters. The second-order valence-corrected chi connectivity index (χ2v) is 11.0. The monoisotopic (exact) mass is 564 g/mol. The van der Waals surface area contributed by atoms with Crippen LogP contribution in [-0.2, 0) is 24.2 Å². The Morgan fingerprint density at radius 3 is 2.32 bits per heavy atom. The number of nitrogens with zero attached hydrogens (tertiary/aromatic N) is 3. The van der Waals surface area contributed by atoms with Crippen molar-refractivity contribution in [1.29, 1.82) is 0 Å². The Morgan fingerprint density at radius 2 is 1.61 bits per heavy atom. The number of aromatic amines is 1. The molecule has 1 aliphatic heterocycles. The van der Waals surface area contributed by atoms with Crippen molar-refractivity contribution in [2.75, 3.05) is 18.0 Å². The van der Waals surface area contributed by atoms with Crippen molar-refractivity contribution < 1.29 is 14.1 Å². The Balaban J connectivity index is 1.26. The maximum atomic E-state index is 13.6. The fourth-order valence-corrected chi connectivity index (χ4v) is 6.17. The van der Waals surface area contributed by atoms with Gasteiger partial charge in [0.1, 0.15) is 11.5 Å². The molecular weight excluding hydrogens is 536 g/mol. The molecule has 0 atom stereocenters. The van der Waals surface area contributed by atoms with Crippen LogP contribution < -0.4 is 10.7 Å². The van der Waals surface area contributed by atoms with Crippen LogP contribution in [0, 0.1) is 0 Å². The second kappa shape index (κ2) is 11.4. The number of aromatic nitrogens is 2. The maximum Gasteiger partial charge on any atom is 0.439 e. The standard InChI is InChI=1S/C32H28N4O4S/c1-2-24-18-27-30(38)35(17-16-21-8-4-3-5-9-21)20-28(37)36(31(27)41-24)19-22-12-14-23(15-13-22)25-10-6-7-11-26(25)29-33-32(39)40-34-29/h3-15,18H,2,16-17,19-20H2,1H3,(H,33,34,39). The van der Waals surface area contributed by atoms with Crippen molar-refractivity contribution in [3.05, 3.63) is 117 Å². The summed E-state index contributed by atoms with van der Waals surface area (Å²) in [5, 5.41) is 4.55. The summed E-state index contributed by atoms with van der Waals surface area (Å²) < 4.78 is 4.70. The minimum absolute atomic E-state index is 0.0376. The lowest BCUT2D eigenvalue weighted by molar-refractivity contribution is -0.119. The van der Waals surface area contributed by atoms with Crippen molar-refractivity contribution >= 4 is 28.2 Å². The number of anilines is 1. The van der Waals surface area contributed by atoms with Gasteiger partial charge in [0.05, 0.1) is 12.1 Å². The molecule has 0 radical (unpaired) electrons. The van der Waals surface area contributed by atoms with Gasteiger partial charge in [0, 0.05) is 17.0 Å². The molecule has 3 heterocycles. The number of hydrogen-bond donors (Lipinski definition) is 1. The first-order chi connectivity index (χ1) is 20.0. The zero-order chi connectivity index (χ0) is 28.3. The fourth-order valence-electron chi connectivity index (χ4n) is 5.07. The number of nitrogens with one attached hydrogen (secondary N) is 1. The van der Waals surface area contributed by atoms with Gasteiger partial charge < -0.3 is 4.90 Å². The van der Waals surface area contributed by atoms with Crippen LogP contribution in [0.25, 0.3) is 22.5 Å². The number of carbonyl (C=O) groups excluding carboxylic acids is 2. The third-order valence-corrected chi connectivity index (χ3v) is 8.55. The Hall–Kier alpha value is -4.76. The molecule has 5 aromatic rings. The summed E-state index contributed by atoms with van der Waals surface area (Å²) in [4.78, 5) is 45.9. The normalized spacial score (nSPS) is 13.4. The molecule has 8 nitrogen and oxygen atoms in total. The molecule has 1 N–H and O–H groups in total. The Bertz CT molecular complexity index is 1750. The maximum absolute atomic E-state index is 13.6. The van der Waals surface area contributed by atoms with Crippen LogP contribution in [0.4, 0.5) is 5.00 Å². The highest BCUT2D eigenvalue weighted by molar-refractivity contribution is 7.16. The van der Waals surface area contributed by atoms with Crippen LogP contribution >= 0.6 is 11.3 Å². The molecule has 41 heavy (non-hydrogen) atoms. The van der Waals surface area contributed by atoms with Crippen molar-refractivity contribution in [3.63, 3.8) is 0 Å². The summed E-state index contributed by atoms with van der Waals surface area (Å²) in [6.07, 6.45) is 1.48. The Morgan fingerprint density at radius 1 is 0.878 bits per heavy atom. The van der Waals surface area contributed by atoms with E-state index < -0.39 is 5.76 Å². The van der Waals surface area contributed by atoms with E-state index in [2.05, 4.69) is 17.1 Å². The summed E-state index contributed by atoms with van der Waals surface area (Å²) in [6.45, 7) is 2.92. The van der Waals surface area contributed by atoms with Crippen LogP contribution in [0.2, 0.25) is 0 Å². The highest BCUT2D eigenvalue weighted by Gasteiger charge is 2.33. The Labute approximate surface area is 240 Å². The lowest BCUT2D eigenvalue weighted by Gasteiger charge is -2.22. The van der Waals surface area contributed by atoms with E-state index in [0.717, 1.165) is 39.1 Å². The van der Waals surface area contributed by atoms with E-state index in [4.69, 9.17) is 4.52 Å². The second-order valence-electron chi connectivity index (χ2n) is 9.91. The van der Waals surface area contributed by atoms with Crippen molar-refractivity contribution in [2.24, 2.45) is 0 Å². The molecule has 0 spiro atoms. The molecule has 3 aromatic carbocycles. The zero-order valence-corrected chi connectivity index (χ0v) is 23.3. The average molecular weight is 565 g/mol. The van der Waals surface area contributed by atoms with E-state index in [1.54, 1.807) is 9.80 Å². The quantitative estimate of drug-likeness (QED) is 0.266. The van der Waals surface area contributed by atoms with Gasteiger partial charge in [-0.2, -0.15) is 0 Å². The first-order valence-corrected chi connectivity index (χ1v) is 14.3. The number of hydrogen-bond acceptors (Lipinski definition) is 6. The van der Waals surface area contributed by atoms with E-state index in [0.29, 0.717) is 35.9 Å². The van der Waals surface area contributed by atoms with Crippen molar-refractivity contribution in [3.8, 4) is 22.5 Å². The Kier molecular flexibility index (Phi) is 7.35. The smallest absolute Gasteiger partial charge is 0.329 e. The third-order valence-electron chi connectivity index (χ3n) is 7.24. The highest BCUT2D eigenvalue weighted by Crippen LogP contribution is 2.37. The predicted molar refractivity (Wildman–Crippen MR) is 159 cm³/mol. The molecule has 0 aliphatic carbocycles. The van der Waals surface area contributed by atoms with Gasteiger partial charge in [-0.05, 0) is 41.2 Å². The highest BCUT2D eigenvalue weighted by atomic mass is 32.1. The molecule has 6 rings (SSSR count). The number of fused-ring (bicyclic) bond motifs is 1. The number of thiophene rings is 1. The van der Waals surface area contributed by atoms with Crippen LogP contribution in [0.15, 0.2) is 94.2 Å². The van der Waals surface area contributed by atoms with Gasteiger partial charge in [-0.1, -0.05) is 90.9 Å². The van der Waals surface area contributed by atoms with Gasteiger partial charge >= 0.3 is 5.76 Å². The van der Waals surface area contributed by atoms with Gasteiger partial charge in [0.25, 0.3) is 5.91 Å². The molecule has 206 valence electrons. The molecular formula is C32H28N4O4S. The predicted octanol–water partition coefficient (Wildman–Crippen LogP) is 5.55. The summed E-state index contributed by atoms with van der Waals surface area (Å²) in [7, 11) is 0. The number of carbonyl (C=O) groups is 2. The van der Waals surface area contributed by atoms with Gasteiger partial charge in [-0.15, -0.1) is 11.3 Å². The van der Waals surface area contributed by atoms with Crippen LogP contribution in [0.3, 0.4) is 0 Å². The van der Waals surface area contributed by atoms with E-state index in [-0.39, 0.29) is 18.4 Å². The number of benzene rings is 3. The third kappa shape index (κ3) is 5.49. The number of H-pyrrole nitrogens is 1. The number of amides is 2. The molecule has 2 aromatic heterocycles. The summed E-state index contributed by atoms with van der Waals surface area (Å²) in [5.41, 5.74) is 5.24. The number of rotatable bonds is 8. The van der Waals surface area contributed by atoms with Crippen molar-refractivity contribution in [1.82, 2.24) is 15.0 Å². The topological polar surface area (TPSA) is 99.5 Å². The lowest BCUT2D eigenvalue weighted by Crippen LogP contribution is -2.40. The van der Waals surface area contributed by atoms with Crippen LogP contribution in [0.1, 0.15) is 33.3 Å². The molecule has 0 saturated carbocycles. The molecule has 0 bridgehead atoms. The largest absolute Gasteiger partial charge is 0.439 e. The zero-order valence-electron chi connectivity index (χ0n) is 22.5. The van der Waals surface area contributed by atoms with Crippen LogP contribution in [0.5, 0.6) is 0 Å². The minimum atomic E-state index is -0.608.